The van der Waals surface area contributed by atoms with Gasteiger partial charge in [-0.05, 0) is 29.8 Å². The van der Waals surface area contributed by atoms with Crippen LogP contribution >= 0.6 is 11.3 Å². The summed E-state index contributed by atoms with van der Waals surface area (Å²) in [6.07, 6.45) is -0.726. The lowest BCUT2D eigenvalue weighted by atomic mass is 9.98. The van der Waals surface area contributed by atoms with E-state index in [0.717, 1.165) is 35.1 Å². The van der Waals surface area contributed by atoms with Crippen molar-refractivity contribution in [1.82, 2.24) is 4.98 Å². The van der Waals surface area contributed by atoms with Crippen LogP contribution in [0.5, 0.6) is 0 Å². The molecule has 5 nitrogen and oxygen atoms in total. The van der Waals surface area contributed by atoms with Crippen LogP contribution in [0.25, 0.3) is 11.3 Å². The third-order valence-corrected chi connectivity index (χ3v) is 4.88. The molecule has 1 atom stereocenters. The van der Waals surface area contributed by atoms with Crippen LogP contribution in [0.4, 0.5) is 13.9 Å². The van der Waals surface area contributed by atoms with Gasteiger partial charge in [0.05, 0.1) is 11.3 Å². The van der Waals surface area contributed by atoms with E-state index >= 15 is 0 Å². The SMILES string of the molecule is O=C1OC(C(=O)Nc2nc(-c3cc(F)ccc3F)cs2)Cc2ccccc21. The summed E-state index contributed by atoms with van der Waals surface area (Å²) < 4.78 is 32.4. The van der Waals surface area contributed by atoms with E-state index in [0.29, 0.717) is 5.56 Å². The van der Waals surface area contributed by atoms with Crippen LogP contribution < -0.4 is 5.32 Å². The Bertz CT molecular complexity index is 1050. The van der Waals surface area contributed by atoms with Gasteiger partial charge in [0.2, 0.25) is 0 Å². The van der Waals surface area contributed by atoms with Crippen molar-refractivity contribution >= 4 is 28.3 Å². The van der Waals surface area contributed by atoms with Gasteiger partial charge in [0.1, 0.15) is 11.6 Å². The minimum absolute atomic E-state index is 0.00442. The fourth-order valence-electron chi connectivity index (χ4n) is 2.81. The van der Waals surface area contributed by atoms with E-state index in [1.54, 1.807) is 24.3 Å². The van der Waals surface area contributed by atoms with E-state index in [-0.39, 0.29) is 22.8 Å². The van der Waals surface area contributed by atoms with Crippen molar-refractivity contribution in [3.05, 3.63) is 70.6 Å². The van der Waals surface area contributed by atoms with Crippen molar-refractivity contribution in [3.63, 3.8) is 0 Å². The first-order valence-electron chi connectivity index (χ1n) is 8.02. The number of nitrogens with one attached hydrogen (secondary N) is 1. The first-order valence-corrected chi connectivity index (χ1v) is 8.90. The summed E-state index contributed by atoms with van der Waals surface area (Å²) >= 11 is 1.07. The van der Waals surface area contributed by atoms with Crippen molar-refractivity contribution in [2.24, 2.45) is 0 Å². The number of amides is 1. The van der Waals surface area contributed by atoms with Crippen molar-refractivity contribution < 1.29 is 23.1 Å². The van der Waals surface area contributed by atoms with E-state index in [2.05, 4.69) is 10.3 Å². The second kappa shape index (κ2) is 6.88. The standard InChI is InChI=1S/C19H12F2N2O3S/c20-11-5-6-14(21)13(8-11)15-9-27-19(22-15)23-17(24)16-7-10-3-1-2-4-12(10)18(25)26-16/h1-6,8-9,16H,7H2,(H,22,23,24). The number of nitrogens with zero attached hydrogens (tertiary/aromatic N) is 1. The number of halogens is 2. The molecule has 8 heteroatoms. The van der Waals surface area contributed by atoms with Crippen molar-refractivity contribution in [3.8, 4) is 11.3 Å². The van der Waals surface area contributed by atoms with Crippen LogP contribution in [0.1, 0.15) is 15.9 Å². The molecular formula is C19H12F2N2O3S. The maximum absolute atomic E-state index is 13.9. The molecule has 2 heterocycles. The lowest BCUT2D eigenvalue weighted by Gasteiger charge is -2.23. The molecule has 1 amide bonds. The number of thiazole rings is 1. The van der Waals surface area contributed by atoms with Crippen LogP contribution in [0.2, 0.25) is 0 Å². The van der Waals surface area contributed by atoms with Gasteiger partial charge in [-0.15, -0.1) is 11.3 Å². The summed E-state index contributed by atoms with van der Waals surface area (Å²) in [7, 11) is 0. The predicted molar refractivity (Wildman–Crippen MR) is 95.4 cm³/mol. The summed E-state index contributed by atoms with van der Waals surface area (Å²) in [4.78, 5) is 28.6. The van der Waals surface area contributed by atoms with Gasteiger partial charge in [0.25, 0.3) is 5.91 Å². The Morgan fingerprint density at radius 3 is 2.85 bits per heavy atom. The van der Waals surface area contributed by atoms with Crippen molar-refractivity contribution in [2.75, 3.05) is 5.32 Å². The number of carbonyl (C=O) groups excluding carboxylic acids is 2. The minimum Gasteiger partial charge on any atom is -0.448 e. The zero-order valence-corrected chi connectivity index (χ0v) is 14.6. The van der Waals surface area contributed by atoms with Gasteiger partial charge in [-0.2, -0.15) is 0 Å². The molecule has 4 rings (SSSR count). The third-order valence-electron chi connectivity index (χ3n) is 4.12. The van der Waals surface area contributed by atoms with Gasteiger partial charge in [-0.1, -0.05) is 18.2 Å². The number of aromatic nitrogens is 1. The predicted octanol–water partition coefficient (Wildman–Crippen LogP) is 3.81. The summed E-state index contributed by atoms with van der Waals surface area (Å²) in [6, 6.07) is 9.99. The quantitative estimate of drug-likeness (QED) is 0.695. The van der Waals surface area contributed by atoms with E-state index in [4.69, 9.17) is 4.74 Å². The van der Waals surface area contributed by atoms with Gasteiger partial charge >= 0.3 is 5.97 Å². The number of hydrogen-bond donors (Lipinski definition) is 1. The summed E-state index contributed by atoms with van der Waals surface area (Å²) in [5.74, 6) is -2.28. The average molecular weight is 386 g/mol. The zero-order chi connectivity index (χ0) is 19.0. The molecule has 0 aliphatic carbocycles. The molecule has 0 saturated carbocycles. The number of esters is 1. The fourth-order valence-corrected chi connectivity index (χ4v) is 3.53. The van der Waals surface area contributed by atoms with Crippen LogP contribution in [0, 0.1) is 11.6 Å². The largest absolute Gasteiger partial charge is 0.448 e. The third kappa shape index (κ3) is 3.43. The van der Waals surface area contributed by atoms with Crippen LogP contribution in [-0.2, 0) is 16.0 Å². The van der Waals surface area contributed by atoms with Gasteiger partial charge in [-0.25, -0.2) is 18.6 Å². The molecule has 0 saturated heterocycles. The average Bonchev–Trinajstić information content (AvgIpc) is 3.12. The molecule has 1 aliphatic rings. The Kier molecular flexibility index (Phi) is 4.41. The van der Waals surface area contributed by atoms with Gasteiger partial charge in [0.15, 0.2) is 11.2 Å². The second-order valence-corrected chi connectivity index (χ2v) is 6.76. The lowest BCUT2D eigenvalue weighted by Crippen LogP contribution is -2.37. The first-order chi connectivity index (χ1) is 13.0. The monoisotopic (exact) mass is 386 g/mol. The van der Waals surface area contributed by atoms with Crippen LogP contribution in [0.3, 0.4) is 0 Å². The van der Waals surface area contributed by atoms with E-state index in [1.165, 1.54) is 5.38 Å². The Morgan fingerprint density at radius 1 is 1.19 bits per heavy atom. The van der Waals surface area contributed by atoms with E-state index in [9.17, 15) is 18.4 Å². The van der Waals surface area contributed by atoms with Crippen LogP contribution in [-0.4, -0.2) is 23.0 Å². The number of fused-ring (bicyclic) bond motifs is 1. The molecule has 2 aromatic carbocycles. The second-order valence-electron chi connectivity index (χ2n) is 5.91. The van der Waals surface area contributed by atoms with Gasteiger partial charge < -0.3 is 4.74 Å². The van der Waals surface area contributed by atoms with E-state index < -0.39 is 29.6 Å². The number of rotatable bonds is 3. The molecule has 0 fully saturated rings. The Balaban J connectivity index is 1.51. The molecule has 136 valence electrons. The molecule has 1 aromatic heterocycles. The Morgan fingerprint density at radius 2 is 2.00 bits per heavy atom. The topological polar surface area (TPSA) is 68.3 Å². The summed E-state index contributed by atoms with van der Waals surface area (Å²) in [5, 5.41) is 4.27. The highest BCUT2D eigenvalue weighted by atomic mass is 32.1. The Hall–Kier alpha value is -3.13. The number of benzene rings is 2. The van der Waals surface area contributed by atoms with Crippen LogP contribution in [0.15, 0.2) is 47.8 Å². The first kappa shape index (κ1) is 17.3. The number of ether oxygens (including phenoxy) is 1. The lowest BCUT2D eigenvalue weighted by molar-refractivity contribution is -0.125. The molecule has 1 aliphatic heterocycles. The molecule has 0 spiro atoms. The van der Waals surface area contributed by atoms with Gasteiger partial charge in [-0.3, -0.25) is 10.1 Å². The molecule has 1 unspecified atom stereocenters. The maximum atomic E-state index is 13.9. The fraction of sp³-hybridized carbons (Fsp3) is 0.105. The van der Waals surface area contributed by atoms with Gasteiger partial charge in [0, 0.05) is 17.4 Å². The normalized spacial score (nSPS) is 15.8. The number of cyclic esters (lactones) is 1. The number of carbonyl (C=O) groups is 2. The molecule has 1 N–H and O–H groups in total. The number of anilines is 1. The molecule has 3 aromatic rings. The molecular weight excluding hydrogens is 374 g/mol. The van der Waals surface area contributed by atoms with E-state index in [1.807, 2.05) is 0 Å². The summed E-state index contributed by atoms with van der Waals surface area (Å²) in [5.41, 5.74) is 1.39. The minimum atomic E-state index is -0.981. The molecule has 27 heavy (non-hydrogen) atoms. The molecule has 0 radical (unpaired) electrons. The molecule has 0 bridgehead atoms. The highest BCUT2D eigenvalue weighted by Crippen LogP contribution is 2.28. The smallest absolute Gasteiger partial charge is 0.339 e. The zero-order valence-electron chi connectivity index (χ0n) is 13.7. The Labute approximate surface area is 156 Å². The highest BCUT2D eigenvalue weighted by Gasteiger charge is 2.31. The summed E-state index contributed by atoms with van der Waals surface area (Å²) in [6.45, 7) is 0. The maximum Gasteiger partial charge on any atom is 0.339 e. The van der Waals surface area contributed by atoms with Crippen molar-refractivity contribution in [1.29, 1.82) is 0 Å². The van der Waals surface area contributed by atoms with Crippen molar-refractivity contribution in [2.45, 2.75) is 12.5 Å². The highest BCUT2D eigenvalue weighted by molar-refractivity contribution is 7.14. The number of hydrogen-bond acceptors (Lipinski definition) is 5.